The van der Waals surface area contributed by atoms with Gasteiger partial charge >= 0.3 is 19.8 Å². The smallest absolute Gasteiger partial charge is 0.481 e. The number of aliphatic carboxylic acids is 2. The largest absolute Gasteiger partial charge is 0.507 e. The zero-order valence-electron chi connectivity index (χ0n) is 23.4. The number of para-hydroxylation sites is 1. The van der Waals surface area contributed by atoms with Crippen molar-refractivity contribution in [2.24, 2.45) is 0 Å². The van der Waals surface area contributed by atoms with Gasteiger partial charge < -0.3 is 10.2 Å². The number of carbonyl (C=O) groups is 3. The van der Waals surface area contributed by atoms with Crippen LogP contribution in [0.4, 0.5) is 15.6 Å². The molecule has 0 heterocycles. The van der Waals surface area contributed by atoms with Crippen LogP contribution in [0.5, 0.6) is 0 Å². The molecule has 0 saturated carbocycles. The molecule has 3 aromatic carbocycles. The van der Waals surface area contributed by atoms with Gasteiger partial charge in [-0.15, -0.1) is 4.20 Å². The number of hydrogen-bond donors (Lipinski definition) is 4. The molecule has 0 saturated heterocycles. The van der Waals surface area contributed by atoms with E-state index in [2.05, 4.69) is 41.9 Å². The highest BCUT2D eigenvalue weighted by Crippen LogP contribution is 2.35. The minimum atomic E-state index is -5.14. The summed E-state index contributed by atoms with van der Waals surface area (Å²) in [5, 5.41) is 17.4. The number of halogens is 2. The molecular formula is C30H36BrFNO8P. The highest BCUT2D eigenvalue weighted by atomic mass is 79.9. The van der Waals surface area contributed by atoms with Gasteiger partial charge in [0.25, 0.3) is 0 Å². The summed E-state index contributed by atoms with van der Waals surface area (Å²) in [6.45, 7) is 4.24. The highest BCUT2D eigenvalue weighted by molar-refractivity contribution is 9.10. The Hall–Kier alpha value is -3.37. The summed E-state index contributed by atoms with van der Waals surface area (Å²) in [7, 11) is -5.14. The van der Waals surface area contributed by atoms with Crippen LogP contribution in [0.15, 0.2) is 89.4 Å². The lowest BCUT2D eigenvalue weighted by atomic mass is 9.76. The van der Waals surface area contributed by atoms with Crippen molar-refractivity contribution in [2.75, 3.05) is 4.90 Å². The number of hydrogen-bond acceptors (Lipinski definition) is 4. The van der Waals surface area contributed by atoms with Crippen molar-refractivity contribution in [2.45, 2.75) is 57.8 Å². The van der Waals surface area contributed by atoms with Gasteiger partial charge in [0.15, 0.2) is 0 Å². The van der Waals surface area contributed by atoms with Crippen LogP contribution in [0.2, 0.25) is 0 Å². The number of amides is 1. The third kappa shape index (κ3) is 15.0. The molecular weight excluding hydrogens is 632 g/mol. The van der Waals surface area contributed by atoms with Gasteiger partial charge in [-0.25, -0.2) is 4.57 Å². The first kappa shape index (κ1) is 36.7. The van der Waals surface area contributed by atoms with Gasteiger partial charge in [-0.05, 0) is 66.6 Å². The van der Waals surface area contributed by atoms with E-state index in [0.717, 1.165) is 22.3 Å². The molecule has 0 spiro atoms. The van der Waals surface area contributed by atoms with Crippen molar-refractivity contribution in [1.29, 1.82) is 0 Å². The van der Waals surface area contributed by atoms with E-state index in [0.29, 0.717) is 12.8 Å². The maximum absolute atomic E-state index is 12.5. The molecule has 9 nitrogen and oxygen atoms in total. The molecule has 4 N–H and O–H groups in total. The second kappa shape index (κ2) is 18.2. The number of carbonyl (C=O) groups excluding carboxylic acids is 1. The summed E-state index contributed by atoms with van der Waals surface area (Å²) < 4.78 is 19.9. The zero-order chi connectivity index (χ0) is 31.8. The predicted octanol–water partition coefficient (Wildman–Crippen LogP) is 7.64. The Morgan fingerprint density at radius 1 is 0.810 bits per heavy atom. The maximum Gasteiger partial charge on any atom is 0.507 e. The van der Waals surface area contributed by atoms with Crippen LogP contribution in [0.1, 0.15) is 57.9 Å². The summed E-state index contributed by atoms with van der Waals surface area (Å²) >= 11 is 3.38. The van der Waals surface area contributed by atoms with E-state index in [4.69, 9.17) is 24.6 Å². The van der Waals surface area contributed by atoms with Crippen molar-refractivity contribution in [3.05, 3.63) is 95.0 Å². The lowest BCUT2D eigenvalue weighted by molar-refractivity contribution is -0.138. The van der Waals surface area contributed by atoms with E-state index < -0.39 is 19.8 Å². The van der Waals surface area contributed by atoms with Gasteiger partial charge in [-0.2, -0.15) is 0 Å². The number of rotatable bonds is 11. The molecule has 3 aromatic rings. The van der Waals surface area contributed by atoms with E-state index >= 15 is 0 Å². The van der Waals surface area contributed by atoms with E-state index in [9.17, 15) is 18.6 Å². The number of benzene rings is 3. The third-order valence-corrected chi connectivity index (χ3v) is 6.80. The molecule has 0 aromatic heterocycles. The predicted molar refractivity (Wildman–Crippen MR) is 163 cm³/mol. The number of anilines is 2. The van der Waals surface area contributed by atoms with E-state index in [1.54, 1.807) is 4.90 Å². The van der Waals surface area contributed by atoms with Crippen LogP contribution in [0.3, 0.4) is 0 Å². The summed E-state index contributed by atoms with van der Waals surface area (Å²) in [6, 6.07) is 26.9. The zero-order valence-corrected chi connectivity index (χ0v) is 25.9. The maximum atomic E-state index is 12.5. The van der Waals surface area contributed by atoms with Crippen LogP contribution in [-0.4, -0.2) is 37.8 Å². The summed E-state index contributed by atoms with van der Waals surface area (Å²) in [4.78, 5) is 49.3. The van der Waals surface area contributed by atoms with Crippen LogP contribution in [0.25, 0.3) is 0 Å². The van der Waals surface area contributed by atoms with Crippen LogP contribution >= 0.6 is 23.8 Å². The fourth-order valence-electron chi connectivity index (χ4n) is 3.86. The molecule has 0 fully saturated rings. The molecule has 1 atom stereocenters. The molecule has 3 rings (SSSR count). The van der Waals surface area contributed by atoms with Crippen LogP contribution in [-0.2, 0) is 24.4 Å². The highest BCUT2D eigenvalue weighted by Gasteiger charge is 2.25. The molecule has 0 bridgehead atoms. The quantitative estimate of drug-likeness (QED) is 0.152. The van der Waals surface area contributed by atoms with E-state index in [1.165, 1.54) is 5.56 Å². The normalized spacial score (nSPS) is 12.0. The SMILES string of the molecule is CCC(C)(CCC(=O)O)c1ccccc1.O=C(O)CCCC(=O)N(c1ccccc1)c1ccc(Br)cc1.O=P(O)(O)F. The minimum absolute atomic E-state index is 0.00525. The molecule has 1 amide bonds. The number of carboxylic acids is 2. The second-order valence-electron chi connectivity index (χ2n) is 9.44. The molecule has 0 aliphatic heterocycles. The number of nitrogens with zero attached hydrogens (tertiary/aromatic N) is 1. The topological polar surface area (TPSA) is 152 Å². The van der Waals surface area contributed by atoms with Gasteiger partial charge in [0.05, 0.1) is 0 Å². The van der Waals surface area contributed by atoms with E-state index in [-0.39, 0.29) is 30.6 Å². The monoisotopic (exact) mass is 667 g/mol. The first-order chi connectivity index (χ1) is 19.7. The molecule has 42 heavy (non-hydrogen) atoms. The van der Waals surface area contributed by atoms with Crippen molar-refractivity contribution >= 4 is 53.1 Å². The van der Waals surface area contributed by atoms with Gasteiger partial charge in [0, 0.05) is 35.1 Å². The molecule has 0 aliphatic rings. The van der Waals surface area contributed by atoms with Gasteiger partial charge in [0.2, 0.25) is 5.91 Å². The van der Waals surface area contributed by atoms with Crippen molar-refractivity contribution in [1.82, 2.24) is 0 Å². The molecule has 0 aliphatic carbocycles. The Labute approximate surface area is 253 Å². The van der Waals surface area contributed by atoms with Crippen molar-refractivity contribution < 1.29 is 43.1 Å². The Morgan fingerprint density at radius 3 is 1.71 bits per heavy atom. The summed E-state index contributed by atoms with van der Waals surface area (Å²) in [5.74, 6) is -1.72. The molecule has 228 valence electrons. The lowest BCUT2D eigenvalue weighted by Crippen LogP contribution is -2.25. The van der Waals surface area contributed by atoms with E-state index in [1.807, 2.05) is 72.8 Å². The Bertz CT molecular complexity index is 1300. The first-order valence-electron chi connectivity index (χ1n) is 13.0. The molecule has 12 heteroatoms. The Kier molecular flexibility index (Phi) is 15.9. The average molecular weight is 668 g/mol. The fourth-order valence-corrected chi connectivity index (χ4v) is 4.12. The van der Waals surface area contributed by atoms with Gasteiger partial charge in [-0.3, -0.25) is 29.1 Å². The van der Waals surface area contributed by atoms with Gasteiger partial charge in [0.1, 0.15) is 0 Å². The number of carboxylic acid groups (broad SMARTS) is 2. The van der Waals surface area contributed by atoms with Crippen molar-refractivity contribution in [3.8, 4) is 0 Å². The Morgan fingerprint density at radius 2 is 1.26 bits per heavy atom. The second-order valence-corrected chi connectivity index (χ2v) is 11.3. The van der Waals surface area contributed by atoms with Crippen molar-refractivity contribution in [3.63, 3.8) is 0 Å². The lowest BCUT2D eigenvalue weighted by Gasteiger charge is -2.28. The standard InChI is InChI=1S/C17H16BrNO3.C13H18O2.FH2O3P/c18-13-9-11-15(12-10-13)19(14-5-2-1-3-6-14)16(20)7-4-8-17(21)22;1-3-13(2,10-9-12(14)15)11-7-5-4-6-8-11;1-5(2,3)4/h1-3,5-6,9-12H,4,7-8H2,(H,21,22);4-8H,3,9-10H2,1-2H3,(H,14,15);(H2,2,3,4). The molecule has 1 unspecified atom stereocenters. The first-order valence-corrected chi connectivity index (χ1v) is 15.3. The average Bonchev–Trinajstić information content (AvgIpc) is 2.93. The summed E-state index contributed by atoms with van der Waals surface area (Å²) in [5.41, 5.74) is 2.74. The Balaban J connectivity index is 0.000000381. The third-order valence-electron chi connectivity index (χ3n) is 6.27. The van der Waals surface area contributed by atoms with Crippen LogP contribution in [0, 0.1) is 0 Å². The van der Waals surface area contributed by atoms with Gasteiger partial charge in [-0.1, -0.05) is 78.3 Å². The van der Waals surface area contributed by atoms with Crippen LogP contribution < -0.4 is 4.90 Å². The fraction of sp³-hybridized carbons (Fsp3) is 0.300. The summed E-state index contributed by atoms with van der Waals surface area (Å²) in [6.07, 6.45) is 2.41. The molecule has 0 radical (unpaired) electrons. The minimum Gasteiger partial charge on any atom is -0.481 e.